The number of rotatable bonds is 4. The van der Waals surface area contributed by atoms with Crippen molar-refractivity contribution in [2.45, 2.75) is 57.8 Å². The highest BCUT2D eigenvalue weighted by atomic mass is 16.6. The van der Waals surface area contributed by atoms with Gasteiger partial charge in [-0.1, -0.05) is 25.0 Å². The second-order valence-corrected chi connectivity index (χ2v) is 7.23. The third kappa shape index (κ3) is 5.04. The first kappa shape index (κ1) is 20.6. The highest BCUT2D eigenvalue weighted by Gasteiger charge is 2.35. The lowest BCUT2D eigenvalue weighted by Gasteiger charge is -2.33. The molecule has 2 atom stereocenters. The number of imide groups is 1. The maximum Gasteiger partial charge on any atom is 0.350 e. The van der Waals surface area contributed by atoms with Crippen LogP contribution in [0.4, 0.5) is 10.5 Å². The van der Waals surface area contributed by atoms with Crippen LogP contribution in [-0.4, -0.2) is 48.6 Å². The van der Waals surface area contributed by atoms with E-state index in [1.54, 1.807) is 24.3 Å². The maximum absolute atomic E-state index is 12.5. The van der Waals surface area contributed by atoms with Gasteiger partial charge in [-0.2, -0.15) is 0 Å². The van der Waals surface area contributed by atoms with Gasteiger partial charge in [-0.15, -0.1) is 0 Å². The van der Waals surface area contributed by atoms with Crippen molar-refractivity contribution in [2.24, 2.45) is 0 Å². The van der Waals surface area contributed by atoms with Gasteiger partial charge in [0.05, 0.1) is 12.2 Å². The van der Waals surface area contributed by atoms with E-state index in [0.29, 0.717) is 11.4 Å². The number of esters is 1. The van der Waals surface area contributed by atoms with Crippen molar-refractivity contribution in [3.05, 3.63) is 24.3 Å². The molecule has 29 heavy (non-hydrogen) atoms. The number of carbonyl (C=O) groups excluding carboxylic acids is 4. The molecule has 0 unspecified atom stereocenters. The molecule has 1 heterocycles. The van der Waals surface area contributed by atoms with Gasteiger partial charge >= 0.3 is 12.0 Å². The zero-order chi connectivity index (χ0) is 21.0. The van der Waals surface area contributed by atoms with E-state index in [9.17, 15) is 19.2 Å². The van der Waals surface area contributed by atoms with E-state index in [1.807, 2.05) is 0 Å². The zero-order valence-electron chi connectivity index (χ0n) is 16.5. The second-order valence-electron chi connectivity index (χ2n) is 7.23. The molecule has 0 radical (unpaired) electrons. The van der Waals surface area contributed by atoms with Crippen LogP contribution in [0.5, 0.6) is 5.75 Å². The molecular weight excluding hydrogens is 378 g/mol. The van der Waals surface area contributed by atoms with Crippen LogP contribution in [0, 0.1) is 0 Å². The van der Waals surface area contributed by atoms with Gasteiger partial charge in [0.2, 0.25) is 12.0 Å². The standard InChI is InChI=1S/C20H25N3O6/c1-12(18(25)22-20(27)21-14-7-3-4-8-14)28-19(26)17-11-23(13(2)24)15-9-5-6-10-16(15)29-17/h5-6,9-10,12,14,17H,3-4,7-8,11H2,1-2H3,(H2,21,22,25,27)/t12-,17+/m0/s1. The second kappa shape index (κ2) is 8.93. The fourth-order valence-corrected chi connectivity index (χ4v) is 3.46. The number of hydrogen-bond acceptors (Lipinski definition) is 6. The Morgan fingerprint density at radius 3 is 2.55 bits per heavy atom. The van der Waals surface area contributed by atoms with Gasteiger partial charge < -0.3 is 19.7 Å². The van der Waals surface area contributed by atoms with Crippen LogP contribution < -0.4 is 20.3 Å². The monoisotopic (exact) mass is 403 g/mol. The van der Waals surface area contributed by atoms with Crippen LogP contribution in [0.2, 0.25) is 0 Å². The lowest BCUT2D eigenvalue weighted by molar-refractivity contribution is -0.161. The number of amides is 4. The highest BCUT2D eigenvalue weighted by molar-refractivity contribution is 5.98. The number of carbonyl (C=O) groups is 4. The molecule has 1 aromatic rings. The smallest absolute Gasteiger partial charge is 0.350 e. The molecule has 3 rings (SSSR count). The van der Waals surface area contributed by atoms with Crippen LogP contribution in [0.25, 0.3) is 0 Å². The number of ether oxygens (including phenoxy) is 2. The van der Waals surface area contributed by atoms with Gasteiger partial charge in [0, 0.05) is 13.0 Å². The van der Waals surface area contributed by atoms with E-state index in [2.05, 4.69) is 10.6 Å². The highest BCUT2D eigenvalue weighted by Crippen LogP contribution is 2.33. The van der Waals surface area contributed by atoms with Crippen molar-refractivity contribution in [2.75, 3.05) is 11.4 Å². The minimum Gasteiger partial charge on any atom is -0.475 e. The molecule has 0 aromatic heterocycles. The lowest BCUT2D eigenvalue weighted by Crippen LogP contribution is -2.50. The predicted molar refractivity (Wildman–Crippen MR) is 103 cm³/mol. The third-order valence-corrected chi connectivity index (χ3v) is 5.01. The summed E-state index contributed by atoms with van der Waals surface area (Å²) in [6, 6.07) is 6.32. The van der Waals surface area contributed by atoms with E-state index in [0.717, 1.165) is 25.7 Å². The summed E-state index contributed by atoms with van der Waals surface area (Å²) in [7, 11) is 0. The maximum atomic E-state index is 12.5. The van der Waals surface area contributed by atoms with Gasteiger partial charge in [0.25, 0.3) is 5.91 Å². The first-order valence-corrected chi connectivity index (χ1v) is 9.71. The van der Waals surface area contributed by atoms with Gasteiger partial charge in [0.15, 0.2) is 6.10 Å². The Hall–Kier alpha value is -3.10. The minimum absolute atomic E-state index is 0.0261. The Balaban J connectivity index is 1.55. The molecule has 1 fully saturated rings. The lowest BCUT2D eigenvalue weighted by atomic mass is 10.2. The number of benzene rings is 1. The van der Waals surface area contributed by atoms with Crippen molar-refractivity contribution in [3.8, 4) is 5.75 Å². The van der Waals surface area contributed by atoms with Crippen molar-refractivity contribution >= 4 is 29.5 Å². The van der Waals surface area contributed by atoms with Crippen molar-refractivity contribution < 1.29 is 28.7 Å². The number of nitrogens with zero attached hydrogens (tertiary/aromatic N) is 1. The molecule has 9 nitrogen and oxygen atoms in total. The average molecular weight is 403 g/mol. The topological polar surface area (TPSA) is 114 Å². The quantitative estimate of drug-likeness (QED) is 0.737. The molecule has 4 amide bonds. The van der Waals surface area contributed by atoms with Crippen molar-refractivity contribution in [1.82, 2.24) is 10.6 Å². The summed E-state index contributed by atoms with van der Waals surface area (Å²) in [4.78, 5) is 49.9. The number of hydrogen-bond donors (Lipinski definition) is 2. The Morgan fingerprint density at radius 2 is 1.86 bits per heavy atom. The molecular formula is C20H25N3O6. The van der Waals surface area contributed by atoms with E-state index < -0.39 is 30.1 Å². The average Bonchev–Trinajstić information content (AvgIpc) is 3.19. The van der Waals surface area contributed by atoms with E-state index in [1.165, 1.54) is 18.7 Å². The first-order chi connectivity index (χ1) is 13.8. The van der Waals surface area contributed by atoms with Crippen LogP contribution in [0.15, 0.2) is 24.3 Å². The van der Waals surface area contributed by atoms with E-state index in [-0.39, 0.29) is 18.5 Å². The molecule has 1 aliphatic carbocycles. The molecule has 0 bridgehead atoms. The van der Waals surface area contributed by atoms with Crippen LogP contribution in [0.3, 0.4) is 0 Å². The summed E-state index contributed by atoms with van der Waals surface area (Å²) in [6.45, 7) is 2.74. The number of para-hydroxylation sites is 2. The van der Waals surface area contributed by atoms with Crippen LogP contribution in [-0.2, 0) is 19.1 Å². The SMILES string of the molecule is CC(=O)N1C[C@H](C(=O)O[C@@H](C)C(=O)NC(=O)NC2CCCC2)Oc2ccccc21. The van der Waals surface area contributed by atoms with Gasteiger partial charge in [0.1, 0.15) is 5.75 Å². The van der Waals surface area contributed by atoms with Crippen LogP contribution in [0.1, 0.15) is 39.5 Å². The Labute approximate surface area is 168 Å². The summed E-state index contributed by atoms with van der Waals surface area (Å²) in [5.74, 6) is -1.38. The molecule has 0 saturated heterocycles. The molecule has 2 aliphatic rings. The Bertz CT molecular complexity index is 805. The van der Waals surface area contributed by atoms with Crippen LogP contribution >= 0.6 is 0 Å². The van der Waals surface area contributed by atoms with Gasteiger partial charge in [-0.3, -0.25) is 14.9 Å². The summed E-state index contributed by atoms with van der Waals surface area (Å²) >= 11 is 0. The van der Waals surface area contributed by atoms with Crippen molar-refractivity contribution in [1.29, 1.82) is 0 Å². The molecule has 2 N–H and O–H groups in total. The number of anilines is 1. The molecule has 1 aliphatic heterocycles. The molecule has 1 saturated carbocycles. The first-order valence-electron chi connectivity index (χ1n) is 9.71. The van der Waals surface area contributed by atoms with Gasteiger partial charge in [-0.25, -0.2) is 9.59 Å². The van der Waals surface area contributed by atoms with E-state index >= 15 is 0 Å². The van der Waals surface area contributed by atoms with Crippen molar-refractivity contribution in [3.63, 3.8) is 0 Å². The fourth-order valence-electron chi connectivity index (χ4n) is 3.46. The summed E-state index contributed by atoms with van der Waals surface area (Å²) in [5.41, 5.74) is 0.568. The Kier molecular flexibility index (Phi) is 6.36. The fraction of sp³-hybridized carbons (Fsp3) is 0.500. The molecule has 9 heteroatoms. The van der Waals surface area contributed by atoms with E-state index in [4.69, 9.17) is 9.47 Å². The molecule has 156 valence electrons. The summed E-state index contributed by atoms with van der Waals surface area (Å²) in [5, 5.41) is 4.92. The summed E-state index contributed by atoms with van der Waals surface area (Å²) < 4.78 is 10.8. The zero-order valence-corrected chi connectivity index (χ0v) is 16.5. The predicted octanol–water partition coefficient (Wildman–Crippen LogP) is 1.50. The van der Waals surface area contributed by atoms with Gasteiger partial charge in [-0.05, 0) is 31.9 Å². The third-order valence-electron chi connectivity index (χ3n) is 5.01. The minimum atomic E-state index is -1.19. The molecule has 0 spiro atoms. The normalized spacial score (nSPS) is 19.5. The summed E-state index contributed by atoms with van der Waals surface area (Å²) in [6.07, 6.45) is 1.61. The Morgan fingerprint density at radius 1 is 1.17 bits per heavy atom. The largest absolute Gasteiger partial charge is 0.475 e. The molecule has 1 aromatic carbocycles. The number of urea groups is 1. The number of nitrogens with one attached hydrogen (secondary N) is 2. The number of fused-ring (bicyclic) bond motifs is 1.